The lowest BCUT2D eigenvalue weighted by molar-refractivity contribution is 0.0252. The highest BCUT2D eigenvalue weighted by Crippen LogP contribution is 2.36. The number of hydrogen-bond acceptors (Lipinski definition) is 2. The van der Waals surface area contributed by atoms with Crippen molar-refractivity contribution in [3.8, 4) is 0 Å². The molecule has 0 aliphatic carbocycles. The van der Waals surface area contributed by atoms with Gasteiger partial charge in [0.1, 0.15) is 6.10 Å². The summed E-state index contributed by atoms with van der Waals surface area (Å²) in [5.74, 6) is -0.321. The Bertz CT molecular complexity index is 640. The van der Waals surface area contributed by atoms with Gasteiger partial charge in [-0.05, 0) is 23.3 Å². The fourth-order valence-electron chi connectivity index (χ4n) is 2.27. The molecule has 0 N–H and O–H groups in total. The van der Waals surface area contributed by atoms with Gasteiger partial charge in [-0.25, -0.2) is 4.79 Å². The molecule has 0 saturated carbocycles. The summed E-state index contributed by atoms with van der Waals surface area (Å²) in [6.07, 6.45) is 0.418. The molecule has 0 spiro atoms. The average molecular weight is 338 g/mol. The van der Waals surface area contributed by atoms with Gasteiger partial charge in [-0.3, -0.25) is 0 Å². The fraction of sp³-hybridized carbons (Fsp3) is 0.133. The number of cyclic esters (lactones) is 1. The number of rotatable bonds is 1. The molecule has 1 aliphatic rings. The number of ether oxygens (including phenoxy) is 1. The van der Waals surface area contributed by atoms with Crippen LogP contribution in [0.1, 0.15) is 27.6 Å². The summed E-state index contributed by atoms with van der Waals surface area (Å²) in [7, 11) is 0. The van der Waals surface area contributed by atoms with Crippen molar-refractivity contribution < 1.29 is 9.53 Å². The van der Waals surface area contributed by atoms with E-state index in [9.17, 15) is 4.79 Å². The lowest BCUT2D eigenvalue weighted by Crippen LogP contribution is -2.22. The third kappa shape index (κ3) is 2.40. The van der Waals surface area contributed by atoms with Gasteiger partial charge in [-0.2, -0.15) is 0 Å². The number of carbonyl (C=O) groups is 1. The summed E-state index contributed by atoms with van der Waals surface area (Å²) in [5.41, 5.74) is 2.50. The number of fused-ring (bicyclic) bond motifs is 1. The van der Waals surface area contributed by atoms with Crippen molar-refractivity contribution in [1.82, 2.24) is 0 Å². The van der Waals surface area contributed by atoms with Gasteiger partial charge < -0.3 is 4.74 Å². The SMILES string of the molecule is O=C1OC(c2ccccc2)Cc2c(Br)cc(Cl)cc21. The predicted octanol–water partition coefficient (Wildman–Crippen LogP) is 4.56. The second kappa shape index (κ2) is 4.99. The van der Waals surface area contributed by atoms with E-state index in [4.69, 9.17) is 16.3 Å². The van der Waals surface area contributed by atoms with Crippen LogP contribution in [0.3, 0.4) is 0 Å². The molecule has 1 unspecified atom stereocenters. The van der Waals surface area contributed by atoms with Crippen LogP contribution in [0.5, 0.6) is 0 Å². The number of hydrogen-bond donors (Lipinski definition) is 0. The summed E-state index contributed by atoms with van der Waals surface area (Å²) >= 11 is 9.43. The van der Waals surface area contributed by atoms with Crippen molar-refractivity contribution in [3.63, 3.8) is 0 Å². The van der Waals surface area contributed by atoms with E-state index in [1.807, 2.05) is 30.3 Å². The van der Waals surface area contributed by atoms with Crippen molar-refractivity contribution >= 4 is 33.5 Å². The van der Waals surface area contributed by atoms with Gasteiger partial charge in [0.05, 0.1) is 5.56 Å². The minimum absolute atomic E-state index is 0.237. The van der Waals surface area contributed by atoms with Crippen LogP contribution < -0.4 is 0 Å². The van der Waals surface area contributed by atoms with Crippen molar-refractivity contribution in [2.45, 2.75) is 12.5 Å². The zero-order valence-electron chi connectivity index (χ0n) is 9.90. The Morgan fingerprint density at radius 2 is 1.95 bits per heavy atom. The molecule has 0 fully saturated rings. The minimum Gasteiger partial charge on any atom is -0.454 e. The van der Waals surface area contributed by atoms with Crippen molar-refractivity contribution in [1.29, 1.82) is 0 Å². The van der Waals surface area contributed by atoms with E-state index in [0.717, 1.165) is 15.6 Å². The third-order valence-corrected chi connectivity index (χ3v) is 4.12. The Morgan fingerprint density at radius 1 is 1.21 bits per heavy atom. The molecule has 0 bridgehead atoms. The van der Waals surface area contributed by atoms with E-state index in [0.29, 0.717) is 17.0 Å². The van der Waals surface area contributed by atoms with Crippen molar-refractivity contribution in [2.75, 3.05) is 0 Å². The summed E-state index contributed by atoms with van der Waals surface area (Å²) in [6, 6.07) is 13.2. The third-order valence-electron chi connectivity index (χ3n) is 3.19. The first-order valence-corrected chi connectivity index (χ1v) is 7.06. The van der Waals surface area contributed by atoms with E-state index in [2.05, 4.69) is 15.9 Å². The zero-order chi connectivity index (χ0) is 13.4. The lowest BCUT2D eigenvalue weighted by atomic mass is 9.95. The molecule has 2 aromatic rings. The Labute approximate surface area is 124 Å². The maximum atomic E-state index is 12.1. The van der Waals surface area contributed by atoms with Gasteiger partial charge >= 0.3 is 5.97 Å². The molecule has 0 saturated heterocycles. The molecule has 0 aromatic heterocycles. The standard InChI is InChI=1S/C15H10BrClO2/c16-13-7-10(17)6-12-11(13)8-14(19-15(12)18)9-4-2-1-3-5-9/h1-7,14H,8H2. The number of halogens is 2. The quantitative estimate of drug-likeness (QED) is 0.713. The predicted molar refractivity (Wildman–Crippen MR) is 77.5 cm³/mol. The molecule has 19 heavy (non-hydrogen) atoms. The second-order valence-corrected chi connectivity index (χ2v) is 5.71. The van der Waals surface area contributed by atoms with Crippen LogP contribution in [0.4, 0.5) is 0 Å². The molecule has 1 atom stereocenters. The van der Waals surface area contributed by atoms with Gasteiger partial charge in [-0.1, -0.05) is 57.9 Å². The van der Waals surface area contributed by atoms with Crippen LogP contribution in [-0.2, 0) is 11.2 Å². The zero-order valence-corrected chi connectivity index (χ0v) is 12.2. The highest BCUT2D eigenvalue weighted by atomic mass is 79.9. The number of esters is 1. The smallest absolute Gasteiger partial charge is 0.339 e. The summed E-state index contributed by atoms with van der Waals surface area (Å²) in [6.45, 7) is 0. The molecule has 3 rings (SSSR count). The molecule has 2 aromatic carbocycles. The molecule has 0 radical (unpaired) electrons. The maximum absolute atomic E-state index is 12.1. The Kier molecular flexibility index (Phi) is 3.33. The van der Waals surface area contributed by atoms with Crippen LogP contribution in [0.15, 0.2) is 46.9 Å². The van der Waals surface area contributed by atoms with Crippen LogP contribution in [0, 0.1) is 0 Å². The fourth-order valence-corrected chi connectivity index (χ4v) is 3.24. The van der Waals surface area contributed by atoms with E-state index in [-0.39, 0.29) is 12.1 Å². The first-order valence-electron chi connectivity index (χ1n) is 5.89. The Balaban J connectivity index is 2.03. The van der Waals surface area contributed by atoms with Crippen molar-refractivity contribution in [2.24, 2.45) is 0 Å². The minimum atomic E-state index is -0.321. The average Bonchev–Trinajstić information content (AvgIpc) is 2.41. The summed E-state index contributed by atoms with van der Waals surface area (Å²) in [5, 5.41) is 0.528. The summed E-state index contributed by atoms with van der Waals surface area (Å²) < 4.78 is 6.34. The lowest BCUT2D eigenvalue weighted by Gasteiger charge is -2.26. The maximum Gasteiger partial charge on any atom is 0.339 e. The number of benzene rings is 2. The van der Waals surface area contributed by atoms with Crippen LogP contribution >= 0.6 is 27.5 Å². The summed E-state index contributed by atoms with van der Waals surface area (Å²) in [4.78, 5) is 12.1. The van der Waals surface area contributed by atoms with Gasteiger partial charge in [0.2, 0.25) is 0 Å². The topological polar surface area (TPSA) is 26.3 Å². The molecule has 0 amide bonds. The highest BCUT2D eigenvalue weighted by molar-refractivity contribution is 9.10. The molecular weight excluding hydrogens is 328 g/mol. The molecule has 2 nitrogen and oxygen atoms in total. The first-order chi connectivity index (χ1) is 9.15. The molecule has 1 heterocycles. The van der Waals surface area contributed by atoms with E-state index in [1.165, 1.54) is 0 Å². The van der Waals surface area contributed by atoms with Crippen LogP contribution in [0.2, 0.25) is 5.02 Å². The van der Waals surface area contributed by atoms with E-state index in [1.54, 1.807) is 12.1 Å². The Morgan fingerprint density at radius 3 is 2.68 bits per heavy atom. The molecule has 96 valence electrons. The van der Waals surface area contributed by atoms with Gasteiger partial charge in [0, 0.05) is 15.9 Å². The Hall–Kier alpha value is -1.32. The van der Waals surface area contributed by atoms with Gasteiger partial charge in [0.25, 0.3) is 0 Å². The van der Waals surface area contributed by atoms with Gasteiger partial charge in [-0.15, -0.1) is 0 Å². The van der Waals surface area contributed by atoms with Crippen LogP contribution in [-0.4, -0.2) is 5.97 Å². The van der Waals surface area contributed by atoms with E-state index >= 15 is 0 Å². The van der Waals surface area contributed by atoms with Gasteiger partial charge in [0.15, 0.2) is 0 Å². The second-order valence-electron chi connectivity index (χ2n) is 4.42. The normalized spacial score (nSPS) is 17.8. The molecule has 4 heteroatoms. The van der Waals surface area contributed by atoms with Crippen molar-refractivity contribution in [3.05, 3.63) is 68.7 Å². The molecular formula is C15H10BrClO2. The first kappa shape index (κ1) is 12.7. The van der Waals surface area contributed by atoms with Crippen LogP contribution in [0.25, 0.3) is 0 Å². The van der Waals surface area contributed by atoms with E-state index < -0.39 is 0 Å². The highest BCUT2D eigenvalue weighted by Gasteiger charge is 2.29. The monoisotopic (exact) mass is 336 g/mol. The largest absolute Gasteiger partial charge is 0.454 e. The molecule has 1 aliphatic heterocycles. The number of carbonyl (C=O) groups excluding carboxylic acids is 1.